The van der Waals surface area contributed by atoms with Crippen LogP contribution in [0.25, 0.3) is 0 Å². The quantitative estimate of drug-likeness (QED) is 0.803. The summed E-state index contributed by atoms with van der Waals surface area (Å²) in [6.07, 6.45) is 8.24. The van der Waals surface area contributed by atoms with E-state index in [0.717, 1.165) is 12.1 Å². The highest BCUT2D eigenvalue weighted by molar-refractivity contribution is 4.78. The standard InChI is InChI=1S/C14H29N3/c1-16-11-7-13(8-12-16)15-9-6-14-5-3-4-10-17(14)2/h13-15H,3-12H2,1-2H3. The highest BCUT2D eigenvalue weighted by atomic mass is 15.1. The minimum Gasteiger partial charge on any atom is -0.314 e. The lowest BCUT2D eigenvalue weighted by Crippen LogP contribution is -2.43. The molecule has 0 saturated carbocycles. The van der Waals surface area contributed by atoms with Gasteiger partial charge in [-0.25, -0.2) is 0 Å². The van der Waals surface area contributed by atoms with Gasteiger partial charge in [-0.1, -0.05) is 6.42 Å². The first-order valence-corrected chi connectivity index (χ1v) is 7.38. The average Bonchev–Trinajstić information content (AvgIpc) is 2.34. The van der Waals surface area contributed by atoms with E-state index in [-0.39, 0.29) is 0 Å². The van der Waals surface area contributed by atoms with Crippen LogP contribution in [-0.2, 0) is 0 Å². The molecule has 0 amide bonds. The van der Waals surface area contributed by atoms with Crippen LogP contribution in [0.4, 0.5) is 0 Å². The Hall–Kier alpha value is -0.120. The molecule has 100 valence electrons. The molecule has 1 atom stereocenters. The molecular formula is C14H29N3. The molecule has 1 N–H and O–H groups in total. The fourth-order valence-corrected chi connectivity index (χ4v) is 3.18. The maximum atomic E-state index is 3.76. The molecule has 2 aliphatic heterocycles. The van der Waals surface area contributed by atoms with Gasteiger partial charge in [0.1, 0.15) is 0 Å². The van der Waals surface area contributed by atoms with Crippen LogP contribution in [0.1, 0.15) is 38.5 Å². The summed E-state index contributed by atoms with van der Waals surface area (Å²) < 4.78 is 0. The molecule has 0 aromatic rings. The Morgan fingerprint density at radius 3 is 2.47 bits per heavy atom. The normalized spacial score (nSPS) is 29.6. The Morgan fingerprint density at radius 1 is 1.00 bits per heavy atom. The first-order chi connectivity index (χ1) is 8.25. The van der Waals surface area contributed by atoms with Crippen molar-refractivity contribution >= 4 is 0 Å². The second-order valence-corrected chi connectivity index (χ2v) is 5.95. The molecular weight excluding hydrogens is 210 g/mol. The van der Waals surface area contributed by atoms with E-state index in [1.54, 1.807) is 0 Å². The van der Waals surface area contributed by atoms with Crippen molar-refractivity contribution in [2.24, 2.45) is 0 Å². The predicted octanol–water partition coefficient (Wildman–Crippen LogP) is 1.54. The molecule has 3 heteroatoms. The Bertz CT molecular complexity index is 212. The fraction of sp³-hybridized carbons (Fsp3) is 1.00. The minimum absolute atomic E-state index is 0.778. The molecule has 2 aliphatic rings. The first-order valence-electron chi connectivity index (χ1n) is 7.38. The van der Waals surface area contributed by atoms with E-state index in [4.69, 9.17) is 0 Å². The third-order valence-electron chi connectivity index (χ3n) is 4.55. The van der Waals surface area contributed by atoms with E-state index in [9.17, 15) is 0 Å². The third-order valence-corrected chi connectivity index (χ3v) is 4.55. The SMILES string of the molecule is CN1CCC(NCCC2CCCCN2C)CC1. The zero-order valence-corrected chi connectivity index (χ0v) is 11.6. The van der Waals surface area contributed by atoms with Gasteiger partial charge in [-0.3, -0.25) is 0 Å². The molecule has 0 aliphatic carbocycles. The van der Waals surface area contributed by atoms with E-state index < -0.39 is 0 Å². The van der Waals surface area contributed by atoms with Crippen LogP contribution in [0, 0.1) is 0 Å². The fourth-order valence-electron chi connectivity index (χ4n) is 3.18. The maximum absolute atomic E-state index is 3.76. The number of nitrogens with one attached hydrogen (secondary N) is 1. The van der Waals surface area contributed by atoms with Crippen LogP contribution in [0.2, 0.25) is 0 Å². The molecule has 2 saturated heterocycles. The van der Waals surface area contributed by atoms with Gasteiger partial charge in [-0.05, 0) is 72.4 Å². The maximum Gasteiger partial charge on any atom is 0.0104 e. The Morgan fingerprint density at radius 2 is 1.76 bits per heavy atom. The van der Waals surface area contributed by atoms with Crippen molar-refractivity contribution < 1.29 is 0 Å². The molecule has 1 unspecified atom stereocenters. The van der Waals surface area contributed by atoms with Crippen molar-refractivity contribution in [1.29, 1.82) is 0 Å². The van der Waals surface area contributed by atoms with Crippen LogP contribution in [0.3, 0.4) is 0 Å². The van der Waals surface area contributed by atoms with Crippen molar-refractivity contribution in [3.05, 3.63) is 0 Å². The lowest BCUT2D eigenvalue weighted by atomic mass is 9.99. The van der Waals surface area contributed by atoms with Crippen LogP contribution in [0.5, 0.6) is 0 Å². The molecule has 0 aromatic heterocycles. The van der Waals surface area contributed by atoms with E-state index in [1.807, 2.05) is 0 Å². The lowest BCUT2D eigenvalue weighted by molar-refractivity contribution is 0.170. The number of hydrogen-bond donors (Lipinski definition) is 1. The summed E-state index contributed by atoms with van der Waals surface area (Å²) in [7, 11) is 4.52. The number of piperidine rings is 2. The van der Waals surface area contributed by atoms with Gasteiger partial charge in [0.15, 0.2) is 0 Å². The van der Waals surface area contributed by atoms with Crippen LogP contribution < -0.4 is 5.32 Å². The van der Waals surface area contributed by atoms with Crippen LogP contribution in [0.15, 0.2) is 0 Å². The molecule has 3 nitrogen and oxygen atoms in total. The predicted molar refractivity (Wildman–Crippen MR) is 73.4 cm³/mol. The summed E-state index contributed by atoms with van der Waals surface area (Å²) in [6, 6.07) is 1.61. The number of nitrogens with zero attached hydrogens (tertiary/aromatic N) is 2. The van der Waals surface area contributed by atoms with Gasteiger partial charge in [0.25, 0.3) is 0 Å². The van der Waals surface area contributed by atoms with Crippen molar-refractivity contribution in [1.82, 2.24) is 15.1 Å². The van der Waals surface area contributed by atoms with Crippen molar-refractivity contribution in [3.63, 3.8) is 0 Å². The Kier molecular flexibility index (Phi) is 5.26. The number of hydrogen-bond acceptors (Lipinski definition) is 3. The summed E-state index contributed by atoms with van der Waals surface area (Å²) in [6.45, 7) is 5.05. The van der Waals surface area contributed by atoms with Gasteiger partial charge in [0.2, 0.25) is 0 Å². The third kappa shape index (κ3) is 4.23. The average molecular weight is 239 g/mol. The highest BCUT2D eigenvalue weighted by Crippen LogP contribution is 2.17. The van der Waals surface area contributed by atoms with Gasteiger partial charge < -0.3 is 15.1 Å². The smallest absolute Gasteiger partial charge is 0.0104 e. The van der Waals surface area contributed by atoms with Crippen molar-refractivity contribution in [2.45, 2.75) is 50.6 Å². The second kappa shape index (κ2) is 6.72. The molecule has 2 rings (SSSR count). The monoisotopic (exact) mass is 239 g/mol. The van der Waals surface area contributed by atoms with E-state index in [1.165, 1.54) is 64.7 Å². The first kappa shape index (κ1) is 13.3. The number of likely N-dealkylation sites (tertiary alicyclic amines) is 2. The molecule has 0 spiro atoms. The summed E-state index contributed by atoms with van der Waals surface area (Å²) in [5.41, 5.74) is 0. The summed E-state index contributed by atoms with van der Waals surface area (Å²) in [5.74, 6) is 0. The van der Waals surface area contributed by atoms with Gasteiger partial charge >= 0.3 is 0 Å². The molecule has 0 bridgehead atoms. The lowest BCUT2D eigenvalue weighted by Gasteiger charge is -2.34. The van der Waals surface area contributed by atoms with Crippen molar-refractivity contribution in [2.75, 3.05) is 40.3 Å². The summed E-state index contributed by atoms with van der Waals surface area (Å²) >= 11 is 0. The molecule has 0 aromatic carbocycles. The second-order valence-electron chi connectivity index (χ2n) is 5.95. The number of rotatable bonds is 4. The van der Waals surface area contributed by atoms with Gasteiger partial charge in [-0.15, -0.1) is 0 Å². The van der Waals surface area contributed by atoms with E-state index >= 15 is 0 Å². The summed E-state index contributed by atoms with van der Waals surface area (Å²) in [5, 5.41) is 3.76. The minimum atomic E-state index is 0.778. The van der Waals surface area contributed by atoms with E-state index in [2.05, 4.69) is 29.2 Å². The van der Waals surface area contributed by atoms with Gasteiger partial charge in [0.05, 0.1) is 0 Å². The van der Waals surface area contributed by atoms with Crippen molar-refractivity contribution in [3.8, 4) is 0 Å². The molecule has 17 heavy (non-hydrogen) atoms. The molecule has 2 fully saturated rings. The zero-order chi connectivity index (χ0) is 12.1. The van der Waals surface area contributed by atoms with Crippen LogP contribution in [-0.4, -0.2) is 62.2 Å². The Balaban J connectivity index is 1.59. The molecule has 0 radical (unpaired) electrons. The zero-order valence-electron chi connectivity index (χ0n) is 11.6. The van der Waals surface area contributed by atoms with Gasteiger partial charge in [0, 0.05) is 12.1 Å². The highest BCUT2D eigenvalue weighted by Gasteiger charge is 2.20. The summed E-state index contributed by atoms with van der Waals surface area (Å²) in [4.78, 5) is 4.99. The van der Waals surface area contributed by atoms with Gasteiger partial charge in [-0.2, -0.15) is 0 Å². The van der Waals surface area contributed by atoms with E-state index in [0.29, 0.717) is 0 Å². The largest absolute Gasteiger partial charge is 0.314 e. The molecule has 2 heterocycles. The Labute approximate surface area is 107 Å². The van der Waals surface area contributed by atoms with Crippen LogP contribution >= 0.6 is 0 Å². The topological polar surface area (TPSA) is 18.5 Å².